The quantitative estimate of drug-likeness (QED) is 0.918. The molecule has 0 saturated carbocycles. The molecule has 0 aliphatic carbocycles. The summed E-state index contributed by atoms with van der Waals surface area (Å²) in [5.74, 6) is 2.91. The molecule has 4 unspecified atom stereocenters. The summed E-state index contributed by atoms with van der Waals surface area (Å²) in [6.45, 7) is 7.29. The molecule has 4 atom stereocenters. The summed E-state index contributed by atoms with van der Waals surface area (Å²) >= 11 is 3.95. The van der Waals surface area contributed by atoms with E-state index in [1.54, 1.807) is 0 Å². The fraction of sp³-hybridized carbons (Fsp3) is 0.833. The van der Waals surface area contributed by atoms with Gasteiger partial charge in [0, 0.05) is 22.2 Å². The summed E-state index contributed by atoms with van der Waals surface area (Å²) in [4.78, 5) is 4.54. The van der Waals surface area contributed by atoms with E-state index in [0.29, 0.717) is 22.3 Å². The topological polar surface area (TPSA) is 64.9 Å². The Morgan fingerprint density at radius 2 is 2.22 bits per heavy atom. The third-order valence-corrected chi connectivity index (χ3v) is 6.70. The maximum absolute atomic E-state index is 5.55. The van der Waals surface area contributed by atoms with Gasteiger partial charge in [-0.15, -0.1) is 11.8 Å². The van der Waals surface area contributed by atoms with E-state index in [4.69, 9.17) is 10.3 Å². The van der Waals surface area contributed by atoms with Gasteiger partial charge in [-0.05, 0) is 13.0 Å². The van der Waals surface area contributed by atoms with Gasteiger partial charge in [0.25, 0.3) is 0 Å². The van der Waals surface area contributed by atoms with Gasteiger partial charge >= 0.3 is 0 Å². The molecule has 18 heavy (non-hydrogen) atoms. The summed E-state index contributed by atoms with van der Waals surface area (Å²) in [5, 5.41) is 5.85. The monoisotopic (exact) mass is 287 g/mol. The zero-order valence-corrected chi connectivity index (χ0v) is 12.8. The van der Waals surface area contributed by atoms with E-state index in [1.165, 1.54) is 0 Å². The molecule has 1 aromatic heterocycles. The third-order valence-electron chi connectivity index (χ3n) is 3.32. The SMILES string of the molecule is CC(CCN)c1nc(C2CSC(C)C(C)S2)no1. The van der Waals surface area contributed by atoms with Crippen LogP contribution in [0.1, 0.15) is 50.1 Å². The van der Waals surface area contributed by atoms with E-state index in [-0.39, 0.29) is 5.92 Å². The Morgan fingerprint density at radius 3 is 2.89 bits per heavy atom. The molecule has 6 heteroatoms. The number of nitrogens with zero attached hydrogens (tertiary/aromatic N) is 2. The number of rotatable bonds is 4. The fourth-order valence-corrected chi connectivity index (χ4v) is 4.70. The van der Waals surface area contributed by atoms with Crippen LogP contribution in [0.3, 0.4) is 0 Å². The molecule has 0 radical (unpaired) electrons. The zero-order chi connectivity index (χ0) is 13.1. The highest BCUT2D eigenvalue weighted by atomic mass is 32.2. The molecule has 2 heterocycles. The number of thioether (sulfide) groups is 2. The molecular formula is C12H21N3OS2. The molecule has 0 aromatic carbocycles. The average Bonchev–Trinajstić information content (AvgIpc) is 2.82. The highest BCUT2D eigenvalue weighted by Gasteiger charge is 2.30. The van der Waals surface area contributed by atoms with E-state index >= 15 is 0 Å². The lowest BCUT2D eigenvalue weighted by atomic mass is 10.1. The minimum atomic E-state index is 0.258. The molecule has 1 aliphatic rings. The van der Waals surface area contributed by atoms with Crippen molar-refractivity contribution < 1.29 is 4.52 Å². The van der Waals surface area contributed by atoms with E-state index in [1.807, 2.05) is 23.5 Å². The van der Waals surface area contributed by atoms with Gasteiger partial charge in [0.1, 0.15) is 0 Å². The highest BCUT2D eigenvalue weighted by Crippen LogP contribution is 2.43. The van der Waals surface area contributed by atoms with Crippen molar-refractivity contribution in [2.45, 2.75) is 48.9 Å². The summed E-state index contributed by atoms with van der Waals surface area (Å²) in [7, 11) is 0. The molecule has 1 fully saturated rings. The normalized spacial score (nSPS) is 30.3. The first kappa shape index (κ1) is 14.2. The summed E-state index contributed by atoms with van der Waals surface area (Å²) in [6.07, 6.45) is 0.891. The van der Waals surface area contributed by atoms with Crippen molar-refractivity contribution in [1.29, 1.82) is 0 Å². The second-order valence-electron chi connectivity index (χ2n) is 4.84. The van der Waals surface area contributed by atoms with Crippen LogP contribution in [0.15, 0.2) is 4.52 Å². The van der Waals surface area contributed by atoms with Crippen LogP contribution in [0.4, 0.5) is 0 Å². The van der Waals surface area contributed by atoms with Gasteiger partial charge in [0.15, 0.2) is 5.82 Å². The Kier molecular flexibility index (Phi) is 4.98. The lowest BCUT2D eigenvalue weighted by Crippen LogP contribution is -2.22. The molecule has 0 amide bonds. The number of nitrogens with two attached hydrogens (primary N) is 1. The molecule has 1 aliphatic heterocycles. The summed E-state index contributed by atoms with van der Waals surface area (Å²) < 4.78 is 5.36. The van der Waals surface area contributed by atoms with E-state index in [0.717, 1.165) is 23.9 Å². The number of hydrogen-bond acceptors (Lipinski definition) is 6. The average molecular weight is 287 g/mol. The predicted octanol–water partition coefficient (Wildman–Crippen LogP) is 2.82. The molecule has 1 saturated heterocycles. The van der Waals surface area contributed by atoms with Crippen LogP contribution in [-0.4, -0.2) is 32.9 Å². The molecule has 2 rings (SSSR count). The van der Waals surface area contributed by atoms with Crippen molar-refractivity contribution in [3.63, 3.8) is 0 Å². The van der Waals surface area contributed by atoms with Crippen molar-refractivity contribution >= 4 is 23.5 Å². The molecule has 102 valence electrons. The number of aromatic nitrogens is 2. The smallest absolute Gasteiger partial charge is 0.229 e. The highest BCUT2D eigenvalue weighted by molar-refractivity contribution is 8.07. The maximum Gasteiger partial charge on any atom is 0.229 e. The van der Waals surface area contributed by atoms with Gasteiger partial charge in [-0.3, -0.25) is 0 Å². The fourth-order valence-electron chi connectivity index (χ4n) is 1.87. The van der Waals surface area contributed by atoms with Gasteiger partial charge in [-0.25, -0.2) is 0 Å². The van der Waals surface area contributed by atoms with Gasteiger partial charge in [-0.1, -0.05) is 25.9 Å². The van der Waals surface area contributed by atoms with Crippen LogP contribution in [0.25, 0.3) is 0 Å². The van der Waals surface area contributed by atoms with Gasteiger partial charge in [0.2, 0.25) is 5.89 Å². The molecule has 1 aromatic rings. The van der Waals surface area contributed by atoms with Crippen molar-refractivity contribution in [2.24, 2.45) is 5.73 Å². The molecule has 2 N–H and O–H groups in total. The van der Waals surface area contributed by atoms with E-state index in [2.05, 4.69) is 30.9 Å². The molecule has 4 nitrogen and oxygen atoms in total. The van der Waals surface area contributed by atoms with Crippen molar-refractivity contribution in [2.75, 3.05) is 12.3 Å². The second kappa shape index (κ2) is 6.30. The van der Waals surface area contributed by atoms with Crippen LogP contribution in [0.2, 0.25) is 0 Å². The standard InChI is InChI=1S/C12H21N3OS2/c1-7(4-5-13)12-14-11(15-16-12)10-6-17-8(2)9(3)18-10/h7-10H,4-6,13H2,1-3H3. The first-order valence-corrected chi connectivity index (χ1v) is 8.41. The van der Waals surface area contributed by atoms with Crippen molar-refractivity contribution in [1.82, 2.24) is 10.1 Å². The van der Waals surface area contributed by atoms with Crippen LogP contribution in [-0.2, 0) is 0 Å². The summed E-state index contributed by atoms with van der Waals surface area (Å²) in [6, 6.07) is 0. The maximum atomic E-state index is 5.55. The first-order valence-electron chi connectivity index (χ1n) is 6.42. The first-order chi connectivity index (χ1) is 8.61. The van der Waals surface area contributed by atoms with Gasteiger partial charge in [-0.2, -0.15) is 16.7 Å². The Balaban J connectivity index is 2.01. The third kappa shape index (κ3) is 3.22. The van der Waals surface area contributed by atoms with E-state index < -0.39 is 0 Å². The van der Waals surface area contributed by atoms with Gasteiger partial charge in [0.05, 0.1) is 5.25 Å². The molecule has 0 bridgehead atoms. The zero-order valence-electron chi connectivity index (χ0n) is 11.1. The Labute approximate surface area is 117 Å². The number of hydrogen-bond donors (Lipinski definition) is 1. The van der Waals surface area contributed by atoms with Crippen LogP contribution in [0, 0.1) is 0 Å². The largest absolute Gasteiger partial charge is 0.339 e. The van der Waals surface area contributed by atoms with Crippen LogP contribution < -0.4 is 5.73 Å². The van der Waals surface area contributed by atoms with Crippen molar-refractivity contribution in [3.05, 3.63) is 11.7 Å². The minimum Gasteiger partial charge on any atom is -0.339 e. The second-order valence-corrected chi connectivity index (χ2v) is 7.83. The Bertz CT molecular complexity index is 385. The van der Waals surface area contributed by atoms with E-state index in [9.17, 15) is 0 Å². The van der Waals surface area contributed by atoms with Crippen LogP contribution in [0.5, 0.6) is 0 Å². The molecule has 0 spiro atoms. The van der Waals surface area contributed by atoms with Crippen molar-refractivity contribution in [3.8, 4) is 0 Å². The van der Waals surface area contributed by atoms with Gasteiger partial charge < -0.3 is 10.3 Å². The minimum absolute atomic E-state index is 0.258. The lowest BCUT2D eigenvalue weighted by Gasteiger charge is -2.29. The predicted molar refractivity (Wildman–Crippen MR) is 78.1 cm³/mol. The lowest BCUT2D eigenvalue weighted by molar-refractivity contribution is 0.351. The Morgan fingerprint density at radius 1 is 1.44 bits per heavy atom. The molecular weight excluding hydrogens is 266 g/mol. The van der Waals surface area contributed by atoms with Crippen LogP contribution >= 0.6 is 23.5 Å². The Hall–Kier alpha value is -0.200. The summed E-state index contributed by atoms with van der Waals surface area (Å²) in [5.41, 5.74) is 5.55.